The number of amides is 1. The van der Waals surface area contributed by atoms with E-state index in [4.69, 9.17) is 4.74 Å². The molecule has 152 valence electrons. The Morgan fingerprint density at radius 3 is 2.83 bits per heavy atom. The Labute approximate surface area is 167 Å². The molecule has 3 aliphatic rings. The third-order valence-corrected chi connectivity index (χ3v) is 6.41. The highest BCUT2D eigenvalue weighted by Crippen LogP contribution is 2.47. The lowest BCUT2D eigenvalue weighted by molar-refractivity contribution is -0.138. The van der Waals surface area contributed by atoms with Crippen LogP contribution in [0.15, 0.2) is 36.4 Å². The number of aryl methyl sites for hydroxylation is 1. The molecule has 0 aliphatic carbocycles. The summed E-state index contributed by atoms with van der Waals surface area (Å²) in [6, 6.07) is 9.70. The number of benzene rings is 1. The number of hydrogen-bond acceptors (Lipinski definition) is 6. The van der Waals surface area contributed by atoms with Crippen LogP contribution in [0.25, 0.3) is 0 Å². The number of aliphatic hydroxyl groups excluding tert-OH is 1. The third kappa shape index (κ3) is 3.26. The molecule has 1 unspecified atom stereocenters. The van der Waals surface area contributed by atoms with Crippen LogP contribution in [-0.4, -0.2) is 52.6 Å². The van der Waals surface area contributed by atoms with E-state index in [0.717, 1.165) is 11.5 Å². The summed E-state index contributed by atoms with van der Waals surface area (Å²) in [5, 5.41) is 22.0. The van der Waals surface area contributed by atoms with Crippen LogP contribution in [-0.2, 0) is 9.53 Å². The first-order valence-electron chi connectivity index (χ1n) is 9.95. The molecule has 0 saturated carbocycles. The summed E-state index contributed by atoms with van der Waals surface area (Å²) in [5.41, 5.74) is 1.28. The van der Waals surface area contributed by atoms with Crippen molar-refractivity contribution >= 4 is 17.4 Å². The van der Waals surface area contributed by atoms with E-state index in [1.54, 1.807) is 12.1 Å². The first kappa shape index (κ1) is 18.4. The van der Waals surface area contributed by atoms with Crippen molar-refractivity contribution in [3.05, 3.63) is 47.9 Å². The van der Waals surface area contributed by atoms with Gasteiger partial charge in [-0.3, -0.25) is 4.79 Å². The van der Waals surface area contributed by atoms with Crippen LogP contribution in [0.1, 0.15) is 12.1 Å². The summed E-state index contributed by atoms with van der Waals surface area (Å²) in [7, 11) is 0. The normalized spacial score (nSPS) is 32.9. The predicted molar refractivity (Wildman–Crippen MR) is 104 cm³/mol. The van der Waals surface area contributed by atoms with Crippen molar-refractivity contribution in [2.45, 2.75) is 31.7 Å². The number of aromatic nitrogens is 2. The Morgan fingerprint density at radius 2 is 2.07 bits per heavy atom. The summed E-state index contributed by atoms with van der Waals surface area (Å²) < 4.78 is 19.5. The minimum Gasteiger partial charge on any atom is -0.390 e. The van der Waals surface area contributed by atoms with Gasteiger partial charge in [0.15, 0.2) is 5.82 Å². The van der Waals surface area contributed by atoms with Gasteiger partial charge in [-0.05, 0) is 43.7 Å². The van der Waals surface area contributed by atoms with Gasteiger partial charge in [-0.2, -0.15) is 5.10 Å². The first-order chi connectivity index (χ1) is 14.0. The molecule has 8 heteroatoms. The van der Waals surface area contributed by atoms with Crippen LogP contribution < -0.4 is 10.2 Å². The molecule has 3 saturated heterocycles. The molecule has 29 heavy (non-hydrogen) atoms. The van der Waals surface area contributed by atoms with Gasteiger partial charge in [0.05, 0.1) is 29.9 Å². The maximum Gasteiger partial charge on any atom is 0.230 e. The van der Waals surface area contributed by atoms with Gasteiger partial charge >= 0.3 is 0 Å². The number of carbonyl (C=O) groups is 1. The van der Waals surface area contributed by atoms with Crippen molar-refractivity contribution in [1.82, 2.24) is 10.2 Å². The second-order valence-corrected chi connectivity index (χ2v) is 8.24. The number of nitrogens with one attached hydrogen (secondary N) is 1. The average molecular weight is 398 g/mol. The van der Waals surface area contributed by atoms with Gasteiger partial charge in [-0.25, -0.2) is 4.39 Å². The summed E-state index contributed by atoms with van der Waals surface area (Å²) in [6.07, 6.45) is -0.768. The van der Waals surface area contributed by atoms with E-state index >= 15 is 0 Å². The van der Waals surface area contributed by atoms with Crippen molar-refractivity contribution in [3.63, 3.8) is 0 Å². The molecule has 0 spiro atoms. The zero-order chi connectivity index (χ0) is 20.1. The summed E-state index contributed by atoms with van der Waals surface area (Å²) >= 11 is 0. The first-order valence-corrected chi connectivity index (χ1v) is 9.95. The molecule has 7 nitrogen and oxygen atoms in total. The van der Waals surface area contributed by atoms with Gasteiger partial charge in [0.2, 0.25) is 5.91 Å². The standard InChI is InChI=1S/C21H23FN4O3/c1-11-5-6-18(25-24-11)26-9-15-16(10-26)20-14(8-17(29-20)19(15)27)21(28)23-13-4-2-3-12(22)7-13/h2-7,14-17,19-20,27H,8-10H2,1H3,(H,23,28)/t14?,15-,16+,17+,19+,20-/m1/s1. The Morgan fingerprint density at radius 1 is 1.24 bits per heavy atom. The number of anilines is 2. The van der Waals surface area contributed by atoms with E-state index in [0.29, 0.717) is 25.2 Å². The molecule has 1 aromatic heterocycles. The van der Waals surface area contributed by atoms with E-state index < -0.39 is 11.9 Å². The molecule has 3 aliphatic heterocycles. The van der Waals surface area contributed by atoms with Crippen molar-refractivity contribution in [1.29, 1.82) is 0 Å². The van der Waals surface area contributed by atoms with Crippen molar-refractivity contribution in [3.8, 4) is 0 Å². The monoisotopic (exact) mass is 398 g/mol. The molecule has 1 amide bonds. The van der Waals surface area contributed by atoms with E-state index in [1.807, 2.05) is 19.1 Å². The quantitative estimate of drug-likeness (QED) is 0.819. The molecule has 3 fully saturated rings. The van der Waals surface area contributed by atoms with Gasteiger partial charge in [0.1, 0.15) is 5.82 Å². The maximum absolute atomic E-state index is 13.4. The zero-order valence-corrected chi connectivity index (χ0v) is 16.0. The molecule has 5 rings (SSSR count). The van der Waals surface area contributed by atoms with Crippen LogP contribution in [0.4, 0.5) is 15.9 Å². The minimum atomic E-state index is -0.619. The SMILES string of the molecule is Cc1ccc(N2C[C@H]3[C@H](O)[C@@H]4CC(C(=O)Nc5cccc(F)c5)[C@@H](O4)[C@H]3C2)nn1. The van der Waals surface area contributed by atoms with Gasteiger partial charge in [-0.1, -0.05) is 6.07 Å². The second kappa shape index (κ2) is 7.03. The zero-order valence-electron chi connectivity index (χ0n) is 16.0. The number of hydrogen-bond donors (Lipinski definition) is 2. The number of halogens is 1. The summed E-state index contributed by atoms with van der Waals surface area (Å²) in [5.74, 6) is -0.149. The van der Waals surface area contributed by atoms with E-state index in [2.05, 4.69) is 20.4 Å². The fourth-order valence-corrected chi connectivity index (χ4v) is 5.00. The molecule has 1 aromatic carbocycles. The Kier molecular flexibility index (Phi) is 4.48. The van der Waals surface area contributed by atoms with Crippen LogP contribution in [0, 0.1) is 30.5 Å². The smallest absolute Gasteiger partial charge is 0.230 e. The molecule has 2 aromatic rings. The van der Waals surface area contributed by atoms with Crippen molar-refractivity contribution < 1.29 is 19.0 Å². The van der Waals surface area contributed by atoms with Crippen molar-refractivity contribution in [2.75, 3.05) is 23.3 Å². The molecule has 4 heterocycles. The van der Waals surface area contributed by atoms with Gasteiger partial charge in [-0.15, -0.1) is 5.10 Å². The highest BCUT2D eigenvalue weighted by atomic mass is 19.1. The lowest BCUT2D eigenvalue weighted by Crippen LogP contribution is -2.47. The van der Waals surface area contributed by atoms with E-state index in [-0.39, 0.29) is 35.9 Å². The Balaban J connectivity index is 1.34. The number of ether oxygens (including phenoxy) is 1. The molecule has 2 N–H and O–H groups in total. The third-order valence-electron chi connectivity index (χ3n) is 6.41. The van der Waals surface area contributed by atoms with Crippen molar-refractivity contribution in [2.24, 2.45) is 17.8 Å². The number of carbonyl (C=O) groups excluding carboxylic acids is 1. The molecule has 2 bridgehead atoms. The molecular formula is C21H23FN4O3. The van der Waals surface area contributed by atoms with Gasteiger partial charge in [0.25, 0.3) is 0 Å². The minimum absolute atomic E-state index is 0.0221. The van der Waals surface area contributed by atoms with Gasteiger partial charge in [0, 0.05) is 30.6 Å². The largest absolute Gasteiger partial charge is 0.390 e. The second-order valence-electron chi connectivity index (χ2n) is 8.24. The predicted octanol–water partition coefficient (Wildman–Crippen LogP) is 1.76. The maximum atomic E-state index is 13.4. The highest BCUT2D eigenvalue weighted by molar-refractivity contribution is 5.93. The number of fused-ring (bicyclic) bond motifs is 4. The Hall–Kier alpha value is -2.58. The van der Waals surface area contributed by atoms with Gasteiger partial charge < -0.3 is 20.1 Å². The van der Waals surface area contributed by atoms with Crippen LogP contribution in [0.3, 0.4) is 0 Å². The number of nitrogens with zero attached hydrogens (tertiary/aromatic N) is 3. The molecular weight excluding hydrogens is 375 g/mol. The molecule has 0 radical (unpaired) electrons. The van der Waals surface area contributed by atoms with Crippen LogP contribution in [0.2, 0.25) is 0 Å². The fourth-order valence-electron chi connectivity index (χ4n) is 5.00. The van der Waals surface area contributed by atoms with E-state index in [9.17, 15) is 14.3 Å². The lowest BCUT2D eigenvalue weighted by atomic mass is 9.83. The number of rotatable bonds is 3. The molecule has 6 atom stereocenters. The topological polar surface area (TPSA) is 87.6 Å². The lowest BCUT2D eigenvalue weighted by Gasteiger charge is -2.36. The van der Waals surface area contributed by atoms with E-state index in [1.165, 1.54) is 12.1 Å². The fraction of sp³-hybridized carbons (Fsp3) is 0.476. The summed E-state index contributed by atoms with van der Waals surface area (Å²) in [6.45, 7) is 3.21. The summed E-state index contributed by atoms with van der Waals surface area (Å²) in [4.78, 5) is 15.0. The average Bonchev–Trinajstić information content (AvgIpc) is 3.31. The number of aliphatic hydroxyl groups is 1. The van der Waals surface area contributed by atoms with Crippen LogP contribution >= 0.6 is 0 Å². The highest BCUT2D eigenvalue weighted by Gasteiger charge is 2.58. The Bertz CT molecular complexity index is 924. The van der Waals surface area contributed by atoms with Crippen LogP contribution in [0.5, 0.6) is 0 Å².